The minimum absolute atomic E-state index is 0.0111. The molecular weight excluding hydrogens is 356 g/mol. The standard InChI is InChI=1S/C22H32N2O4/c1-4-15(3)19(24-20(25)16-9-7-6-8-10-16)21(26)23-18-13-11-17(12-14-18)22(27)28-5-2/h11-16,19H,4-10H2,1-3H3,(H,23,26)(H,24,25)/t15-,19-/m0/s1. The molecule has 28 heavy (non-hydrogen) atoms. The maximum atomic E-state index is 12.8. The third kappa shape index (κ3) is 6.08. The van der Waals surface area contributed by atoms with Crippen molar-refractivity contribution in [3.8, 4) is 0 Å². The fourth-order valence-corrected chi connectivity index (χ4v) is 3.46. The van der Waals surface area contributed by atoms with Crippen molar-refractivity contribution in [3.63, 3.8) is 0 Å². The van der Waals surface area contributed by atoms with Crippen molar-refractivity contribution in [2.75, 3.05) is 11.9 Å². The van der Waals surface area contributed by atoms with E-state index in [4.69, 9.17) is 4.74 Å². The number of esters is 1. The molecule has 0 aliphatic heterocycles. The third-order valence-corrected chi connectivity index (χ3v) is 5.43. The van der Waals surface area contributed by atoms with Crippen molar-refractivity contribution in [3.05, 3.63) is 29.8 Å². The van der Waals surface area contributed by atoms with Gasteiger partial charge in [-0.25, -0.2) is 4.79 Å². The Morgan fingerprint density at radius 1 is 1.07 bits per heavy atom. The molecule has 1 aromatic carbocycles. The maximum Gasteiger partial charge on any atom is 0.338 e. The second-order valence-electron chi connectivity index (χ2n) is 7.49. The highest BCUT2D eigenvalue weighted by Gasteiger charge is 2.29. The van der Waals surface area contributed by atoms with Crippen LogP contribution in [0.1, 0.15) is 69.7 Å². The van der Waals surface area contributed by atoms with Crippen LogP contribution in [0, 0.1) is 11.8 Å². The molecule has 1 aliphatic rings. The predicted octanol–water partition coefficient (Wildman–Crippen LogP) is 3.91. The Hall–Kier alpha value is -2.37. The zero-order valence-electron chi connectivity index (χ0n) is 17.1. The van der Waals surface area contributed by atoms with Crippen molar-refractivity contribution < 1.29 is 19.1 Å². The SMILES string of the molecule is CCOC(=O)c1ccc(NC(=O)[C@@H](NC(=O)C2CCCCC2)[C@@H](C)CC)cc1. The van der Waals surface area contributed by atoms with Gasteiger partial charge in [0.1, 0.15) is 6.04 Å². The Morgan fingerprint density at radius 2 is 1.71 bits per heavy atom. The quantitative estimate of drug-likeness (QED) is 0.661. The Balaban J connectivity index is 2.02. The van der Waals surface area contributed by atoms with Crippen LogP contribution < -0.4 is 10.6 Å². The lowest BCUT2D eigenvalue weighted by molar-refractivity contribution is -0.130. The summed E-state index contributed by atoms with van der Waals surface area (Å²) in [4.78, 5) is 37.2. The van der Waals surface area contributed by atoms with Crippen LogP contribution in [-0.4, -0.2) is 30.4 Å². The van der Waals surface area contributed by atoms with Crippen LogP contribution in [0.3, 0.4) is 0 Å². The normalized spacial score (nSPS) is 16.7. The van der Waals surface area contributed by atoms with Crippen molar-refractivity contribution in [1.82, 2.24) is 5.32 Å². The Kier molecular flexibility index (Phi) is 8.48. The summed E-state index contributed by atoms with van der Waals surface area (Å²) in [5.74, 6) is -0.610. The molecule has 0 radical (unpaired) electrons. The van der Waals surface area contributed by atoms with Crippen LogP contribution in [0.15, 0.2) is 24.3 Å². The summed E-state index contributed by atoms with van der Waals surface area (Å²) in [5, 5.41) is 5.84. The van der Waals surface area contributed by atoms with E-state index in [0.29, 0.717) is 17.9 Å². The first-order valence-electron chi connectivity index (χ1n) is 10.3. The van der Waals surface area contributed by atoms with Crippen molar-refractivity contribution in [1.29, 1.82) is 0 Å². The monoisotopic (exact) mass is 388 g/mol. The predicted molar refractivity (Wildman–Crippen MR) is 109 cm³/mol. The van der Waals surface area contributed by atoms with Gasteiger partial charge in [-0.3, -0.25) is 9.59 Å². The van der Waals surface area contributed by atoms with E-state index < -0.39 is 12.0 Å². The van der Waals surface area contributed by atoms with Gasteiger partial charge in [0.25, 0.3) is 0 Å². The van der Waals surface area contributed by atoms with Crippen LogP contribution in [-0.2, 0) is 14.3 Å². The number of anilines is 1. The first-order chi connectivity index (χ1) is 13.5. The van der Waals surface area contributed by atoms with Gasteiger partial charge >= 0.3 is 5.97 Å². The molecule has 1 saturated carbocycles. The van der Waals surface area contributed by atoms with E-state index >= 15 is 0 Å². The minimum Gasteiger partial charge on any atom is -0.462 e. The number of hydrogen-bond donors (Lipinski definition) is 2. The second kappa shape index (κ2) is 10.8. The van der Waals surface area contributed by atoms with Gasteiger partial charge in [-0.1, -0.05) is 39.5 Å². The Bertz CT molecular complexity index is 666. The number of carbonyl (C=O) groups is 3. The van der Waals surface area contributed by atoms with E-state index in [1.807, 2.05) is 13.8 Å². The number of ether oxygens (including phenoxy) is 1. The van der Waals surface area contributed by atoms with Gasteiger partial charge in [0, 0.05) is 11.6 Å². The molecule has 1 aromatic rings. The van der Waals surface area contributed by atoms with Gasteiger partial charge in [-0.05, 0) is 49.9 Å². The van der Waals surface area contributed by atoms with Crippen molar-refractivity contribution >= 4 is 23.5 Å². The van der Waals surface area contributed by atoms with Crippen LogP contribution in [0.4, 0.5) is 5.69 Å². The minimum atomic E-state index is -0.579. The average Bonchev–Trinajstić information content (AvgIpc) is 2.72. The molecule has 0 bridgehead atoms. The Morgan fingerprint density at radius 3 is 2.29 bits per heavy atom. The maximum absolute atomic E-state index is 12.8. The third-order valence-electron chi connectivity index (χ3n) is 5.43. The largest absolute Gasteiger partial charge is 0.462 e. The lowest BCUT2D eigenvalue weighted by atomic mass is 9.88. The highest BCUT2D eigenvalue weighted by Crippen LogP contribution is 2.24. The van der Waals surface area contributed by atoms with Gasteiger partial charge < -0.3 is 15.4 Å². The van der Waals surface area contributed by atoms with E-state index in [2.05, 4.69) is 10.6 Å². The average molecular weight is 389 g/mol. The fraction of sp³-hybridized carbons (Fsp3) is 0.591. The summed E-state index contributed by atoms with van der Waals surface area (Å²) < 4.78 is 4.96. The molecular formula is C22H32N2O4. The lowest BCUT2D eigenvalue weighted by Gasteiger charge is -2.27. The number of amides is 2. The number of carbonyl (C=O) groups excluding carboxylic acids is 3. The summed E-state index contributed by atoms with van der Waals surface area (Å²) in [5.41, 5.74) is 1.02. The molecule has 0 heterocycles. The van der Waals surface area contributed by atoms with Gasteiger partial charge in [0.2, 0.25) is 11.8 Å². The molecule has 1 fully saturated rings. The molecule has 2 N–H and O–H groups in total. The smallest absolute Gasteiger partial charge is 0.338 e. The molecule has 0 saturated heterocycles. The van der Waals surface area contributed by atoms with Crippen LogP contribution >= 0.6 is 0 Å². The van der Waals surface area contributed by atoms with Crippen molar-refractivity contribution in [2.45, 2.75) is 65.3 Å². The molecule has 2 rings (SSSR count). The zero-order chi connectivity index (χ0) is 20.5. The molecule has 0 aromatic heterocycles. The van der Waals surface area contributed by atoms with Gasteiger partial charge in [-0.15, -0.1) is 0 Å². The summed E-state index contributed by atoms with van der Waals surface area (Å²) in [6, 6.07) is 5.99. The highest BCUT2D eigenvalue weighted by molar-refractivity contribution is 5.98. The summed E-state index contributed by atoms with van der Waals surface area (Å²) in [6.07, 6.45) is 5.91. The summed E-state index contributed by atoms with van der Waals surface area (Å²) in [6.45, 7) is 6.04. The number of benzene rings is 1. The fourth-order valence-electron chi connectivity index (χ4n) is 3.46. The van der Waals surface area contributed by atoms with Gasteiger partial charge in [0.05, 0.1) is 12.2 Å². The molecule has 6 heteroatoms. The van der Waals surface area contributed by atoms with Gasteiger partial charge in [-0.2, -0.15) is 0 Å². The highest BCUT2D eigenvalue weighted by atomic mass is 16.5. The van der Waals surface area contributed by atoms with E-state index in [0.717, 1.165) is 32.1 Å². The summed E-state index contributed by atoms with van der Waals surface area (Å²) in [7, 11) is 0. The van der Waals surface area contributed by atoms with Gasteiger partial charge in [0.15, 0.2) is 0 Å². The second-order valence-corrected chi connectivity index (χ2v) is 7.49. The van der Waals surface area contributed by atoms with Crippen molar-refractivity contribution in [2.24, 2.45) is 11.8 Å². The van der Waals surface area contributed by atoms with Crippen LogP contribution in [0.5, 0.6) is 0 Å². The topological polar surface area (TPSA) is 84.5 Å². The van der Waals surface area contributed by atoms with E-state index in [9.17, 15) is 14.4 Å². The molecule has 0 spiro atoms. The van der Waals surface area contributed by atoms with E-state index in [1.54, 1.807) is 31.2 Å². The summed E-state index contributed by atoms with van der Waals surface area (Å²) >= 11 is 0. The number of hydrogen-bond acceptors (Lipinski definition) is 4. The first-order valence-corrected chi connectivity index (χ1v) is 10.3. The lowest BCUT2D eigenvalue weighted by Crippen LogP contribution is -2.49. The molecule has 1 aliphatic carbocycles. The Labute approximate surface area is 167 Å². The molecule has 154 valence electrons. The molecule has 0 unspecified atom stereocenters. The number of rotatable bonds is 8. The molecule has 2 atom stereocenters. The van der Waals surface area contributed by atoms with E-state index in [1.165, 1.54) is 6.42 Å². The molecule has 6 nitrogen and oxygen atoms in total. The number of nitrogens with one attached hydrogen (secondary N) is 2. The van der Waals surface area contributed by atoms with Crippen LogP contribution in [0.2, 0.25) is 0 Å². The molecule has 2 amide bonds. The van der Waals surface area contributed by atoms with E-state index in [-0.39, 0.29) is 23.7 Å². The first kappa shape index (κ1) is 21.9. The zero-order valence-corrected chi connectivity index (χ0v) is 17.1. The van der Waals surface area contributed by atoms with Crippen LogP contribution in [0.25, 0.3) is 0 Å².